The second-order valence-corrected chi connectivity index (χ2v) is 9.69. The maximum absolute atomic E-state index is 13.5. The molecule has 186 valence electrons. The molecule has 0 radical (unpaired) electrons. The third-order valence-electron chi connectivity index (χ3n) is 5.26. The van der Waals surface area contributed by atoms with E-state index in [0.29, 0.717) is 18.0 Å². The van der Waals surface area contributed by atoms with Gasteiger partial charge in [-0.2, -0.15) is 0 Å². The number of ether oxygens (including phenoxy) is 2. The average Bonchev–Trinajstić information content (AvgIpc) is 2.83. The number of nitrogens with zero attached hydrogens (tertiary/aromatic N) is 2. The third-order valence-corrected chi connectivity index (χ3v) is 6.39. The molecule has 0 bridgehead atoms. The summed E-state index contributed by atoms with van der Waals surface area (Å²) >= 11 is 0. The van der Waals surface area contributed by atoms with Crippen molar-refractivity contribution in [3.05, 3.63) is 54.1 Å². The van der Waals surface area contributed by atoms with Crippen molar-refractivity contribution in [2.75, 3.05) is 37.9 Å². The maximum atomic E-state index is 13.5. The number of sulfonamides is 1. The van der Waals surface area contributed by atoms with Crippen LogP contribution in [-0.4, -0.2) is 64.7 Å². The lowest BCUT2D eigenvalue weighted by Gasteiger charge is -2.31. The lowest BCUT2D eigenvalue weighted by atomic mass is 10.1. The van der Waals surface area contributed by atoms with Crippen LogP contribution in [-0.2, 0) is 26.2 Å². The zero-order valence-electron chi connectivity index (χ0n) is 20.3. The van der Waals surface area contributed by atoms with Gasteiger partial charge in [0.2, 0.25) is 21.8 Å². The Morgan fingerprint density at radius 1 is 1.03 bits per heavy atom. The smallest absolute Gasteiger partial charge is 0.244 e. The van der Waals surface area contributed by atoms with Crippen LogP contribution in [0.5, 0.6) is 11.5 Å². The summed E-state index contributed by atoms with van der Waals surface area (Å²) in [4.78, 5) is 27.6. The van der Waals surface area contributed by atoms with Gasteiger partial charge < -0.3 is 19.7 Å². The number of benzene rings is 2. The molecule has 0 aromatic heterocycles. The lowest BCUT2D eigenvalue weighted by Crippen LogP contribution is -2.51. The first-order valence-corrected chi connectivity index (χ1v) is 12.8. The SMILES string of the molecule is CCCNC(=O)[C@@H](C)N(Cc1ccc(OC)cc1)C(=O)CN(c1ccccc1OC)S(C)(=O)=O. The van der Waals surface area contributed by atoms with Gasteiger partial charge in [0.15, 0.2) is 0 Å². The van der Waals surface area contributed by atoms with E-state index in [4.69, 9.17) is 9.47 Å². The topological polar surface area (TPSA) is 105 Å². The highest BCUT2D eigenvalue weighted by molar-refractivity contribution is 7.92. The number of hydrogen-bond acceptors (Lipinski definition) is 6. The monoisotopic (exact) mass is 491 g/mol. The summed E-state index contributed by atoms with van der Waals surface area (Å²) in [5, 5.41) is 2.80. The normalized spacial score (nSPS) is 11.9. The Kier molecular flexibility index (Phi) is 9.73. The van der Waals surface area contributed by atoms with Crippen LogP contribution in [0.1, 0.15) is 25.8 Å². The van der Waals surface area contributed by atoms with E-state index >= 15 is 0 Å². The molecule has 2 aromatic rings. The van der Waals surface area contributed by atoms with Crippen molar-refractivity contribution in [1.82, 2.24) is 10.2 Å². The van der Waals surface area contributed by atoms with Crippen LogP contribution < -0.4 is 19.1 Å². The molecule has 0 heterocycles. The van der Waals surface area contributed by atoms with E-state index in [1.807, 2.05) is 6.92 Å². The summed E-state index contributed by atoms with van der Waals surface area (Å²) in [7, 11) is -0.846. The minimum Gasteiger partial charge on any atom is -0.497 e. The predicted octanol–water partition coefficient (Wildman–Crippen LogP) is 2.41. The zero-order chi connectivity index (χ0) is 25.3. The Morgan fingerprint density at radius 2 is 1.68 bits per heavy atom. The molecule has 2 rings (SSSR count). The standard InChI is InChI=1S/C24H33N3O6S/c1-6-15-25-24(29)18(2)26(16-19-11-13-20(32-3)14-12-19)23(28)17-27(34(5,30)31)21-9-7-8-10-22(21)33-4/h7-14,18H,6,15-17H2,1-5H3,(H,25,29)/t18-/m1/s1. The molecular weight excluding hydrogens is 458 g/mol. The molecular formula is C24H33N3O6S. The number of amides is 2. The molecule has 0 aliphatic heterocycles. The van der Waals surface area contributed by atoms with E-state index in [-0.39, 0.29) is 18.1 Å². The highest BCUT2D eigenvalue weighted by Crippen LogP contribution is 2.29. The van der Waals surface area contributed by atoms with Crippen molar-refractivity contribution in [3.63, 3.8) is 0 Å². The Hall–Kier alpha value is -3.27. The molecule has 1 atom stereocenters. The minimum absolute atomic E-state index is 0.118. The number of para-hydroxylation sites is 2. The summed E-state index contributed by atoms with van der Waals surface area (Å²) in [6.07, 6.45) is 1.78. The van der Waals surface area contributed by atoms with Crippen molar-refractivity contribution in [1.29, 1.82) is 0 Å². The van der Waals surface area contributed by atoms with Crippen molar-refractivity contribution in [3.8, 4) is 11.5 Å². The van der Waals surface area contributed by atoms with Crippen molar-refractivity contribution in [2.24, 2.45) is 0 Å². The van der Waals surface area contributed by atoms with Gasteiger partial charge in [-0.15, -0.1) is 0 Å². The first-order chi connectivity index (χ1) is 16.1. The molecule has 0 unspecified atom stereocenters. The van der Waals surface area contributed by atoms with Gasteiger partial charge in [0.05, 0.1) is 26.2 Å². The highest BCUT2D eigenvalue weighted by atomic mass is 32.2. The molecule has 0 aliphatic carbocycles. The number of rotatable bonds is 12. The van der Waals surface area contributed by atoms with Gasteiger partial charge in [-0.05, 0) is 43.2 Å². The molecule has 1 N–H and O–H groups in total. The van der Waals surface area contributed by atoms with Crippen molar-refractivity contribution < 1.29 is 27.5 Å². The largest absolute Gasteiger partial charge is 0.497 e. The first-order valence-electron chi connectivity index (χ1n) is 10.9. The van der Waals surface area contributed by atoms with Gasteiger partial charge >= 0.3 is 0 Å². The molecule has 9 nitrogen and oxygen atoms in total. The summed E-state index contributed by atoms with van der Waals surface area (Å²) < 4.78 is 36.8. The van der Waals surface area contributed by atoms with Crippen LogP contribution in [0.3, 0.4) is 0 Å². The van der Waals surface area contributed by atoms with Gasteiger partial charge in [-0.3, -0.25) is 13.9 Å². The predicted molar refractivity (Wildman–Crippen MR) is 131 cm³/mol. The van der Waals surface area contributed by atoms with Crippen LogP contribution in [0, 0.1) is 0 Å². The van der Waals surface area contributed by atoms with Crippen LogP contribution >= 0.6 is 0 Å². The Bertz CT molecular complexity index is 1070. The quantitative estimate of drug-likeness (QED) is 0.489. The molecule has 0 spiro atoms. The Balaban J connectivity index is 2.39. The van der Waals surface area contributed by atoms with E-state index in [1.165, 1.54) is 12.0 Å². The number of methoxy groups -OCH3 is 2. The van der Waals surface area contributed by atoms with Crippen molar-refractivity contribution in [2.45, 2.75) is 32.9 Å². The number of carbonyl (C=O) groups excluding carboxylic acids is 2. The molecule has 0 saturated carbocycles. The third kappa shape index (κ3) is 7.11. The van der Waals surface area contributed by atoms with Gasteiger partial charge in [0.25, 0.3) is 0 Å². The molecule has 2 amide bonds. The lowest BCUT2D eigenvalue weighted by molar-refractivity contribution is -0.139. The summed E-state index contributed by atoms with van der Waals surface area (Å²) in [6.45, 7) is 3.67. The Morgan fingerprint density at radius 3 is 2.24 bits per heavy atom. The fourth-order valence-corrected chi connectivity index (χ4v) is 4.19. The van der Waals surface area contributed by atoms with E-state index in [2.05, 4.69) is 5.32 Å². The molecule has 2 aromatic carbocycles. The van der Waals surface area contributed by atoms with Gasteiger partial charge in [0.1, 0.15) is 24.1 Å². The summed E-state index contributed by atoms with van der Waals surface area (Å²) in [5.74, 6) is 0.143. The van der Waals surface area contributed by atoms with Gasteiger partial charge in [-0.1, -0.05) is 31.2 Å². The fourth-order valence-electron chi connectivity index (χ4n) is 3.34. The van der Waals surface area contributed by atoms with Crippen molar-refractivity contribution >= 4 is 27.5 Å². The van der Waals surface area contributed by atoms with E-state index < -0.39 is 28.5 Å². The number of carbonyl (C=O) groups is 2. The summed E-state index contributed by atoms with van der Waals surface area (Å²) in [5.41, 5.74) is 1.01. The number of anilines is 1. The van der Waals surface area contributed by atoms with Gasteiger partial charge in [0, 0.05) is 13.1 Å². The second-order valence-electron chi connectivity index (χ2n) is 7.78. The first kappa shape index (κ1) is 27.0. The molecule has 0 saturated heterocycles. The van der Waals surface area contributed by atoms with E-state index in [0.717, 1.165) is 22.5 Å². The molecule has 34 heavy (non-hydrogen) atoms. The summed E-state index contributed by atoms with van der Waals surface area (Å²) in [6, 6.07) is 12.9. The fraction of sp³-hybridized carbons (Fsp3) is 0.417. The maximum Gasteiger partial charge on any atom is 0.244 e. The highest BCUT2D eigenvalue weighted by Gasteiger charge is 2.31. The second kappa shape index (κ2) is 12.3. The minimum atomic E-state index is -3.83. The van der Waals surface area contributed by atoms with Gasteiger partial charge in [-0.25, -0.2) is 8.42 Å². The average molecular weight is 492 g/mol. The Labute approximate surface area is 201 Å². The molecule has 0 aliphatic rings. The number of nitrogens with one attached hydrogen (secondary N) is 1. The van der Waals surface area contributed by atoms with Crippen LogP contribution in [0.4, 0.5) is 5.69 Å². The van der Waals surface area contributed by atoms with Crippen LogP contribution in [0.15, 0.2) is 48.5 Å². The van der Waals surface area contributed by atoms with E-state index in [1.54, 1.807) is 62.6 Å². The van der Waals surface area contributed by atoms with Crippen LogP contribution in [0.2, 0.25) is 0 Å². The molecule has 0 fully saturated rings. The van der Waals surface area contributed by atoms with Crippen LogP contribution in [0.25, 0.3) is 0 Å². The molecule has 10 heteroatoms. The zero-order valence-corrected chi connectivity index (χ0v) is 21.1. The van der Waals surface area contributed by atoms with E-state index in [9.17, 15) is 18.0 Å². The number of hydrogen-bond donors (Lipinski definition) is 1.